The maximum atomic E-state index is 12.4. The highest BCUT2D eigenvalue weighted by Crippen LogP contribution is 2.48. The summed E-state index contributed by atoms with van der Waals surface area (Å²) in [5.74, 6) is -0.240. The maximum Gasteiger partial charge on any atom is 0.245 e. The number of nitrogens with zero attached hydrogens (tertiary/aromatic N) is 4. The molecule has 1 atom stereocenters. The number of amides is 2. The Morgan fingerprint density at radius 2 is 1.83 bits per heavy atom. The molecule has 3 aliphatic rings. The van der Waals surface area contributed by atoms with Crippen molar-refractivity contribution < 1.29 is 14.3 Å². The third-order valence-electron chi connectivity index (χ3n) is 6.67. The van der Waals surface area contributed by atoms with Gasteiger partial charge in [0.05, 0.1) is 30.4 Å². The SMILES string of the molecule is N#Cc1c(SC(C(N)=O)c2ccccc2)nc(N2CC(NC(=O)C3(N)COC3)C2)c(C#N)c1C1CC1. The minimum absolute atomic E-state index is 0.103. The molecule has 5 N–H and O–H groups in total. The molecule has 1 aromatic carbocycles. The first kappa shape index (κ1) is 24.1. The first-order valence-corrected chi connectivity index (χ1v) is 12.5. The van der Waals surface area contributed by atoms with Gasteiger partial charge in [0.15, 0.2) is 0 Å². The molecule has 11 heteroatoms. The van der Waals surface area contributed by atoms with Crippen LogP contribution in [-0.2, 0) is 14.3 Å². The number of nitrogens with one attached hydrogen (secondary N) is 1. The first-order chi connectivity index (χ1) is 17.3. The van der Waals surface area contributed by atoms with Gasteiger partial charge in [0.2, 0.25) is 11.8 Å². The van der Waals surface area contributed by atoms with Gasteiger partial charge in [-0.15, -0.1) is 0 Å². The van der Waals surface area contributed by atoms with Crippen LogP contribution in [0.25, 0.3) is 0 Å². The van der Waals surface area contributed by atoms with Crippen molar-refractivity contribution >= 4 is 29.4 Å². The van der Waals surface area contributed by atoms with Crippen LogP contribution in [0.5, 0.6) is 0 Å². The molecule has 2 aromatic rings. The van der Waals surface area contributed by atoms with Crippen molar-refractivity contribution in [1.29, 1.82) is 10.5 Å². The molecule has 184 valence electrons. The van der Waals surface area contributed by atoms with Gasteiger partial charge in [-0.2, -0.15) is 10.5 Å². The van der Waals surface area contributed by atoms with E-state index < -0.39 is 16.7 Å². The Balaban J connectivity index is 1.45. The molecule has 0 spiro atoms. The number of pyridine rings is 1. The van der Waals surface area contributed by atoms with Gasteiger partial charge < -0.3 is 26.4 Å². The molecule has 3 heterocycles. The van der Waals surface area contributed by atoms with E-state index in [2.05, 4.69) is 17.5 Å². The summed E-state index contributed by atoms with van der Waals surface area (Å²) in [6, 6.07) is 13.4. The van der Waals surface area contributed by atoms with Crippen LogP contribution in [0.3, 0.4) is 0 Å². The van der Waals surface area contributed by atoms with Crippen molar-refractivity contribution in [3.8, 4) is 12.1 Å². The number of aromatic nitrogens is 1. The number of benzene rings is 1. The summed E-state index contributed by atoms with van der Waals surface area (Å²) in [7, 11) is 0. The van der Waals surface area contributed by atoms with Crippen LogP contribution in [0.15, 0.2) is 35.4 Å². The van der Waals surface area contributed by atoms with Gasteiger partial charge in [-0.25, -0.2) is 4.98 Å². The lowest BCUT2D eigenvalue weighted by molar-refractivity contribution is -0.144. The lowest BCUT2D eigenvalue weighted by Gasteiger charge is -2.44. The van der Waals surface area contributed by atoms with E-state index in [0.29, 0.717) is 46.2 Å². The molecule has 36 heavy (non-hydrogen) atoms. The number of nitriles is 2. The Kier molecular flexibility index (Phi) is 6.31. The molecular formula is C25H25N7O3S. The Morgan fingerprint density at radius 3 is 2.36 bits per heavy atom. The molecule has 3 fully saturated rings. The van der Waals surface area contributed by atoms with E-state index in [0.717, 1.165) is 24.6 Å². The molecular weight excluding hydrogens is 478 g/mol. The number of rotatable bonds is 8. The van der Waals surface area contributed by atoms with Crippen LogP contribution in [0.1, 0.15) is 46.3 Å². The van der Waals surface area contributed by atoms with Crippen molar-refractivity contribution in [3.63, 3.8) is 0 Å². The van der Waals surface area contributed by atoms with Gasteiger partial charge in [0.25, 0.3) is 0 Å². The summed E-state index contributed by atoms with van der Waals surface area (Å²) in [6.07, 6.45) is 1.77. The number of nitrogens with two attached hydrogens (primary N) is 2. The highest BCUT2D eigenvalue weighted by Gasteiger charge is 2.44. The van der Waals surface area contributed by atoms with E-state index in [1.54, 1.807) is 12.1 Å². The van der Waals surface area contributed by atoms with E-state index in [9.17, 15) is 20.1 Å². The minimum atomic E-state index is -0.991. The van der Waals surface area contributed by atoms with Gasteiger partial charge in [0.1, 0.15) is 33.8 Å². The van der Waals surface area contributed by atoms with Crippen molar-refractivity contribution in [3.05, 3.63) is 52.6 Å². The second-order valence-corrected chi connectivity index (χ2v) is 10.5. The Morgan fingerprint density at radius 1 is 1.17 bits per heavy atom. The second kappa shape index (κ2) is 9.43. The minimum Gasteiger partial charge on any atom is -0.376 e. The lowest BCUT2D eigenvalue weighted by Crippen LogP contribution is -2.70. The number of hydrogen-bond acceptors (Lipinski definition) is 9. The zero-order valence-corrected chi connectivity index (χ0v) is 20.3. The molecule has 2 saturated heterocycles. The first-order valence-electron chi connectivity index (χ1n) is 11.7. The van der Waals surface area contributed by atoms with E-state index >= 15 is 0 Å². The molecule has 0 bridgehead atoms. The van der Waals surface area contributed by atoms with Crippen LogP contribution in [-0.4, -0.2) is 54.7 Å². The van der Waals surface area contributed by atoms with Gasteiger partial charge in [-0.05, 0) is 29.9 Å². The lowest BCUT2D eigenvalue weighted by atomic mass is 9.96. The Labute approximate surface area is 212 Å². The Hall–Kier alpha value is -3.64. The molecule has 1 unspecified atom stereocenters. The normalized spacial score (nSPS) is 19.2. The number of anilines is 1. The molecule has 1 aliphatic carbocycles. The standard InChI is InChI=1S/C25H25N7O3S/c26-8-17-19(14-6-7-14)18(9-27)23(36-20(21(28)33)15-4-2-1-3-5-15)31-22(17)32-10-16(11-32)30-24(34)25(29)12-35-13-25/h1-5,14,16,20H,6-7,10-13,29H2,(H2,28,33)(H,30,34). The summed E-state index contributed by atoms with van der Waals surface area (Å²) in [5.41, 5.74) is 12.9. The van der Waals surface area contributed by atoms with Crippen LogP contribution >= 0.6 is 11.8 Å². The highest BCUT2D eigenvalue weighted by atomic mass is 32.2. The molecule has 5 rings (SSSR count). The summed E-state index contributed by atoms with van der Waals surface area (Å²) >= 11 is 1.13. The largest absolute Gasteiger partial charge is 0.376 e. The number of carbonyl (C=O) groups excluding carboxylic acids is 2. The van der Waals surface area contributed by atoms with E-state index in [1.165, 1.54) is 0 Å². The van der Waals surface area contributed by atoms with Crippen LogP contribution in [0, 0.1) is 22.7 Å². The fourth-order valence-corrected chi connectivity index (χ4v) is 5.48. The van der Waals surface area contributed by atoms with Crippen molar-refractivity contribution in [2.45, 2.75) is 40.6 Å². The third kappa shape index (κ3) is 4.37. The summed E-state index contributed by atoms with van der Waals surface area (Å²) in [6.45, 7) is 1.28. The summed E-state index contributed by atoms with van der Waals surface area (Å²) in [5, 5.41) is 22.7. The monoisotopic (exact) mass is 503 g/mol. The van der Waals surface area contributed by atoms with E-state index in [-0.39, 0.29) is 31.1 Å². The molecule has 1 aromatic heterocycles. The van der Waals surface area contributed by atoms with Crippen LogP contribution in [0.4, 0.5) is 5.82 Å². The number of hydrogen-bond donors (Lipinski definition) is 3. The van der Waals surface area contributed by atoms with Gasteiger partial charge in [-0.3, -0.25) is 9.59 Å². The second-order valence-electron chi connectivity index (χ2n) is 9.44. The van der Waals surface area contributed by atoms with Crippen molar-refractivity contribution in [2.24, 2.45) is 11.5 Å². The third-order valence-corrected chi connectivity index (χ3v) is 7.93. The number of ether oxygens (including phenoxy) is 1. The molecule has 1 saturated carbocycles. The average molecular weight is 504 g/mol. The molecule has 0 radical (unpaired) electrons. The molecule has 2 amide bonds. The van der Waals surface area contributed by atoms with Crippen LogP contribution in [0.2, 0.25) is 0 Å². The van der Waals surface area contributed by atoms with Gasteiger partial charge >= 0.3 is 0 Å². The fourth-order valence-electron chi connectivity index (χ4n) is 4.44. The topological polar surface area (TPSA) is 171 Å². The predicted molar refractivity (Wildman–Crippen MR) is 132 cm³/mol. The summed E-state index contributed by atoms with van der Waals surface area (Å²) < 4.78 is 5.07. The Bertz CT molecular complexity index is 1290. The maximum absolute atomic E-state index is 12.4. The van der Waals surface area contributed by atoms with Crippen molar-refractivity contribution in [2.75, 3.05) is 31.2 Å². The fraction of sp³-hybridized carbons (Fsp3) is 0.400. The van der Waals surface area contributed by atoms with Gasteiger partial charge in [0, 0.05) is 13.1 Å². The quantitative estimate of drug-likeness (QED) is 0.445. The van der Waals surface area contributed by atoms with E-state index in [1.807, 2.05) is 23.1 Å². The van der Waals surface area contributed by atoms with Crippen molar-refractivity contribution in [1.82, 2.24) is 10.3 Å². The van der Waals surface area contributed by atoms with Gasteiger partial charge in [-0.1, -0.05) is 42.1 Å². The molecule has 2 aliphatic heterocycles. The number of thioether (sulfide) groups is 1. The smallest absolute Gasteiger partial charge is 0.245 e. The average Bonchev–Trinajstić information content (AvgIpc) is 3.67. The zero-order chi connectivity index (χ0) is 25.4. The van der Waals surface area contributed by atoms with Crippen LogP contribution < -0.4 is 21.7 Å². The number of primary amides is 1. The summed E-state index contributed by atoms with van der Waals surface area (Å²) in [4.78, 5) is 31.4. The van der Waals surface area contributed by atoms with E-state index in [4.69, 9.17) is 21.2 Å². The predicted octanol–water partition coefficient (Wildman–Crippen LogP) is 1.05. The highest BCUT2D eigenvalue weighted by molar-refractivity contribution is 8.00. The molecule has 10 nitrogen and oxygen atoms in total. The number of carbonyl (C=O) groups is 2. The zero-order valence-electron chi connectivity index (χ0n) is 19.4.